The molecule has 1 aliphatic heterocycles. The van der Waals surface area contributed by atoms with Crippen molar-refractivity contribution in [2.24, 2.45) is 0 Å². The molecule has 3 rings (SSSR count). The number of hydrogen-bond acceptors (Lipinski definition) is 4. The minimum absolute atomic E-state index is 0.0312. The number of halogens is 2. The maximum absolute atomic E-state index is 13.3. The van der Waals surface area contributed by atoms with E-state index in [0.29, 0.717) is 22.9 Å². The Morgan fingerprint density at radius 2 is 1.87 bits per heavy atom. The van der Waals surface area contributed by atoms with Crippen molar-refractivity contribution < 1.29 is 24.6 Å². The number of amides is 2. The van der Waals surface area contributed by atoms with Crippen LogP contribution in [-0.2, 0) is 0 Å². The number of rotatable bonds is 5. The largest absolute Gasteiger partial charge is 0.477 e. The highest BCUT2D eigenvalue weighted by Gasteiger charge is 2.30. The lowest BCUT2D eigenvalue weighted by Crippen LogP contribution is -2.37. The Kier molecular flexibility index (Phi) is 6.93. The van der Waals surface area contributed by atoms with Gasteiger partial charge in [-0.05, 0) is 50.1 Å². The fourth-order valence-electron chi connectivity index (χ4n) is 3.35. The number of aromatic carboxylic acids is 1. The van der Waals surface area contributed by atoms with Gasteiger partial charge in [0.2, 0.25) is 0 Å². The molecule has 2 aromatic rings. The van der Waals surface area contributed by atoms with E-state index in [1.54, 1.807) is 32.1 Å². The number of anilines is 1. The Hall–Kier alpha value is -2.55. The van der Waals surface area contributed by atoms with Crippen molar-refractivity contribution in [2.45, 2.75) is 26.3 Å². The summed E-state index contributed by atoms with van der Waals surface area (Å²) >= 11 is 13.2. The molecule has 2 N–H and O–H groups in total. The first-order chi connectivity index (χ1) is 14.6. The molecule has 0 aliphatic carbocycles. The van der Waals surface area contributed by atoms with E-state index in [2.05, 4.69) is 0 Å². The summed E-state index contributed by atoms with van der Waals surface area (Å²) in [7, 11) is 0. The lowest BCUT2D eigenvalue weighted by atomic mass is 10.1. The number of carboxylic acids is 1. The summed E-state index contributed by atoms with van der Waals surface area (Å²) in [5.74, 6) is -1.58. The molecule has 0 spiro atoms. The van der Waals surface area contributed by atoms with Gasteiger partial charge in [0.05, 0.1) is 16.3 Å². The normalized spacial score (nSPS) is 13.8. The maximum Gasteiger partial charge on any atom is 0.407 e. The Morgan fingerprint density at radius 3 is 2.39 bits per heavy atom. The SMILES string of the molecule is CC(C)N(C(=O)c1ccc(Cl)cc1Cl)c1cc(C2=CCN(C(=O)O)CC2)sc1C(=O)O. The van der Waals surface area contributed by atoms with Crippen LogP contribution in [0.3, 0.4) is 0 Å². The quantitative estimate of drug-likeness (QED) is 0.579. The molecule has 10 heteroatoms. The first kappa shape index (κ1) is 23.1. The van der Waals surface area contributed by atoms with Crippen LogP contribution >= 0.6 is 34.5 Å². The third kappa shape index (κ3) is 4.87. The predicted octanol–water partition coefficient (Wildman–Crippen LogP) is 5.58. The number of hydrogen-bond donors (Lipinski definition) is 2. The van der Waals surface area contributed by atoms with Gasteiger partial charge < -0.3 is 20.0 Å². The molecule has 2 heterocycles. The lowest BCUT2D eigenvalue weighted by molar-refractivity contribution is 0.0702. The summed E-state index contributed by atoms with van der Waals surface area (Å²) < 4.78 is 0. The highest BCUT2D eigenvalue weighted by atomic mass is 35.5. The number of thiophene rings is 1. The van der Waals surface area contributed by atoms with Crippen molar-refractivity contribution >= 4 is 63.8 Å². The van der Waals surface area contributed by atoms with Gasteiger partial charge in [0, 0.05) is 29.0 Å². The Bertz CT molecular complexity index is 1080. The summed E-state index contributed by atoms with van der Waals surface area (Å²) in [5, 5.41) is 19.5. The summed E-state index contributed by atoms with van der Waals surface area (Å²) in [5.41, 5.74) is 1.36. The van der Waals surface area contributed by atoms with Gasteiger partial charge in [-0.2, -0.15) is 0 Å². The van der Waals surface area contributed by atoms with Crippen LogP contribution in [0.2, 0.25) is 10.0 Å². The smallest absolute Gasteiger partial charge is 0.407 e. The molecule has 0 atom stereocenters. The highest BCUT2D eigenvalue weighted by Crippen LogP contribution is 2.38. The first-order valence-electron chi connectivity index (χ1n) is 9.43. The van der Waals surface area contributed by atoms with E-state index < -0.39 is 18.0 Å². The van der Waals surface area contributed by atoms with Crippen molar-refractivity contribution in [1.82, 2.24) is 4.90 Å². The number of carbonyl (C=O) groups excluding carboxylic acids is 1. The van der Waals surface area contributed by atoms with Gasteiger partial charge in [-0.1, -0.05) is 29.3 Å². The van der Waals surface area contributed by atoms with Gasteiger partial charge in [0.1, 0.15) is 4.88 Å². The van der Waals surface area contributed by atoms with E-state index in [1.165, 1.54) is 21.9 Å². The van der Waals surface area contributed by atoms with Crippen molar-refractivity contribution in [2.75, 3.05) is 18.0 Å². The van der Waals surface area contributed by atoms with Crippen molar-refractivity contribution in [3.05, 3.63) is 55.7 Å². The molecular weight excluding hydrogens is 463 g/mol. The average molecular weight is 483 g/mol. The van der Waals surface area contributed by atoms with Crippen molar-refractivity contribution in [3.8, 4) is 0 Å². The highest BCUT2D eigenvalue weighted by molar-refractivity contribution is 7.15. The van der Waals surface area contributed by atoms with E-state index in [9.17, 15) is 19.5 Å². The second-order valence-electron chi connectivity index (χ2n) is 7.23. The molecular formula is C21H20Cl2N2O5S. The van der Waals surface area contributed by atoms with Gasteiger partial charge in [-0.3, -0.25) is 4.79 Å². The summed E-state index contributed by atoms with van der Waals surface area (Å²) in [6.45, 7) is 4.13. The maximum atomic E-state index is 13.3. The molecule has 7 nitrogen and oxygen atoms in total. The molecule has 164 valence electrons. The van der Waals surface area contributed by atoms with Gasteiger partial charge in [0.25, 0.3) is 5.91 Å². The summed E-state index contributed by atoms with van der Waals surface area (Å²) in [6.07, 6.45) is 1.24. The van der Waals surface area contributed by atoms with Crippen LogP contribution in [0.4, 0.5) is 10.5 Å². The van der Waals surface area contributed by atoms with Crippen LogP contribution in [0.5, 0.6) is 0 Å². The second-order valence-corrected chi connectivity index (χ2v) is 9.13. The minimum Gasteiger partial charge on any atom is -0.477 e. The van der Waals surface area contributed by atoms with E-state index in [-0.39, 0.29) is 33.7 Å². The van der Waals surface area contributed by atoms with Crippen LogP contribution in [0, 0.1) is 0 Å². The van der Waals surface area contributed by atoms with Crippen LogP contribution < -0.4 is 4.90 Å². The summed E-state index contributed by atoms with van der Waals surface area (Å²) in [6, 6.07) is 5.87. The second kappa shape index (κ2) is 9.30. The topological polar surface area (TPSA) is 98.2 Å². The van der Waals surface area contributed by atoms with Crippen molar-refractivity contribution in [1.29, 1.82) is 0 Å². The van der Waals surface area contributed by atoms with E-state index in [4.69, 9.17) is 28.3 Å². The van der Waals surface area contributed by atoms with Crippen LogP contribution in [0.15, 0.2) is 30.3 Å². The first-order valence-corrected chi connectivity index (χ1v) is 11.0. The van der Waals surface area contributed by atoms with Crippen LogP contribution in [0.1, 0.15) is 45.2 Å². The monoisotopic (exact) mass is 482 g/mol. The molecule has 0 bridgehead atoms. The zero-order chi connectivity index (χ0) is 22.9. The van der Waals surface area contributed by atoms with Crippen LogP contribution in [0.25, 0.3) is 5.57 Å². The third-order valence-electron chi connectivity index (χ3n) is 4.86. The van der Waals surface area contributed by atoms with E-state index in [0.717, 1.165) is 16.9 Å². The van der Waals surface area contributed by atoms with Crippen LogP contribution in [-0.4, -0.2) is 52.2 Å². The molecule has 0 unspecified atom stereocenters. The van der Waals surface area contributed by atoms with Gasteiger partial charge >= 0.3 is 12.1 Å². The Balaban J connectivity index is 2.03. The molecule has 0 radical (unpaired) electrons. The van der Waals surface area contributed by atoms with Gasteiger partial charge in [0.15, 0.2) is 0 Å². The standard InChI is InChI=1S/C21H20Cl2N2O5S/c1-11(2)25(19(26)14-4-3-13(22)9-15(14)23)16-10-17(31-18(16)20(27)28)12-5-7-24(8-6-12)21(29)30/h3-5,9-11H,6-8H2,1-2H3,(H,27,28)(H,29,30). The zero-order valence-electron chi connectivity index (χ0n) is 16.8. The molecule has 0 saturated heterocycles. The fraction of sp³-hybridized carbons (Fsp3) is 0.286. The Morgan fingerprint density at radius 1 is 1.16 bits per heavy atom. The van der Waals surface area contributed by atoms with Gasteiger partial charge in [-0.15, -0.1) is 11.3 Å². The number of nitrogens with zero attached hydrogens (tertiary/aromatic N) is 2. The van der Waals surface area contributed by atoms with E-state index in [1.807, 2.05) is 0 Å². The summed E-state index contributed by atoms with van der Waals surface area (Å²) in [4.78, 5) is 39.8. The average Bonchev–Trinajstić information content (AvgIpc) is 3.13. The third-order valence-corrected chi connectivity index (χ3v) is 6.59. The van der Waals surface area contributed by atoms with Gasteiger partial charge in [-0.25, -0.2) is 9.59 Å². The molecule has 2 amide bonds. The van der Waals surface area contributed by atoms with E-state index >= 15 is 0 Å². The zero-order valence-corrected chi connectivity index (χ0v) is 19.1. The number of benzene rings is 1. The van der Waals surface area contributed by atoms with Crippen molar-refractivity contribution in [3.63, 3.8) is 0 Å². The molecule has 31 heavy (non-hydrogen) atoms. The number of carboxylic acid groups (broad SMARTS) is 2. The molecule has 0 saturated carbocycles. The minimum atomic E-state index is -1.14. The fourth-order valence-corrected chi connectivity index (χ4v) is 4.90. The molecule has 0 fully saturated rings. The molecule has 1 aromatic heterocycles. The molecule has 1 aliphatic rings. The Labute approximate surface area is 193 Å². The number of carbonyl (C=O) groups is 3. The lowest BCUT2D eigenvalue weighted by Gasteiger charge is -2.27. The molecule has 1 aromatic carbocycles. The predicted molar refractivity (Wildman–Crippen MR) is 122 cm³/mol.